The van der Waals surface area contributed by atoms with E-state index in [-0.39, 0.29) is 0 Å². The van der Waals surface area contributed by atoms with Crippen molar-refractivity contribution in [2.45, 2.75) is 6.10 Å². The minimum atomic E-state index is 0.332. The predicted octanol–water partition coefficient (Wildman–Crippen LogP) is 0.138. The van der Waals surface area contributed by atoms with Gasteiger partial charge in [-0.05, 0) is 6.20 Å². The van der Waals surface area contributed by atoms with Crippen LogP contribution in [0.3, 0.4) is 0 Å². The SMILES string of the molecule is C=CNCC#CCOCC1CO1. The Bertz CT molecular complexity index is 188. The second-order valence-corrected chi connectivity index (χ2v) is 2.41. The molecule has 1 fully saturated rings. The molecule has 3 nitrogen and oxygen atoms in total. The predicted molar refractivity (Wildman–Crippen MR) is 46.5 cm³/mol. The zero-order chi connectivity index (χ0) is 8.65. The highest BCUT2D eigenvalue weighted by molar-refractivity contribution is 5.01. The maximum atomic E-state index is 5.19. The molecule has 0 spiro atoms. The highest BCUT2D eigenvalue weighted by Crippen LogP contribution is 2.07. The average molecular weight is 167 g/mol. The first-order valence-corrected chi connectivity index (χ1v) is 3.93. The molecule has 0 radical (unpaired) electrons. The van der Waals surface area contributed by atoms with Crippen LogP contribution in [-0.2, 0) is 9.47 Å². The van der Waals surface area contributed by atoms with Gasteiger partial charge in [0.25, 0.3) is 0 Å². The summed E-state index contributed by atoms with van der Waals surface area (Å²) < 4.78 is 10.1. The molecule has 1 atom stereocenters. The van der Waals surface area contributed by atoms with Crippen LogP contribution in [0.25, 0.3) is 0 Å². The molecule has 0 amide bonds. The summed E-state index contributed by atoms with van der Waals surface area (Å²) in [6.45, 7) is 6.12. The van der Waals surface area contributed by atoms with Crippen LogP contribution in [0.2, 0.25) is 0 Å². The monoisotopic (exact) mass is 167 g/mol. The van der Waals surface area contributed by atoms with Crippen molar-refractivity contribution >= 4 is 0 Å². The third-order valence-electron chi connectivity index (χ3n) is 1.34. The van der Waals surface area contributed by atoms with Crippen LogP contribution in [0, 0.1) is 11.8 Å². The van der Waals surface area contributed by atoms with E-state index < -0.39 is 0 Å². The lowest BCUT2D eigenvalue weighted by Gasteiger charge is -1.93. The van der Waals surface area contributed by atoms with E-state index in [1.54, 1.807) is 6.20 Å². The van der Waals surface area contributed by atoms with Crippen molar-refractivity contribution < 1.29 is 9.47 Å². The molecule has 0 bridgehead atoms. The molecule has 0 aromatic rings. The largest absolute Gasteiger partial charge is 0.381 e. The lowest BCUT2D eigenvalue weighted by atomic mass is 10.5. The van der Waals surface area contributed by atoms with Gasteiger partial charge in [-0.1, -0.05) is 18.4 Å². The number of hydrogen-bond donors (Lipinski definition) is 1. The molecule has 1 rings (SSSR count). The zero-order valence-electron chi connectivity index (χ0n) is 7.01. The van der Waals surface area contributed by atoms with Crippen molar-refractivity contribution in [1.82, 2.24) is 5.32 Å². The first-order chi connectivity index (χ1) is 5.93. The summed E-state index contributed by atoms with van der Waals surface area (Å²) in [7, 11) is 0. The van der Waals surface area contributed by atoms with Crippen molar-refractivity contribution in [3.05, 3.63) is 12.8 Å². The highest BCUT2D eigenvalue weighted by atomic mass is 16.6. The molecule has 1 aliphatic rings. The van der Waals surface area contributed by atoms with Crippen molar-refractivity contribution in [2.24, 2.45) is 0 Å². The van der Waals surface area contributed by atoms with E-state index in [2.05, 4.69) is 23.7 Å². The summed E-state index contributed by atoms with van der Waals surface area (Å²) in [5.74, 6) is 5.75. The molecule has 1 aliphatic heterocycles. The van der Waals surface area contributed by atoms with E-state index in [0.29, 0.717) is 25.9 Å². The maximum Gasteiger partial charge on any atom is 0.107 e. The molecule has 1 heterocycles. The molecule has 0 aromatic heterocycles. The van der Waals surface area contributed by atoms with Gasteiger partial charge in [0.05, 0.1) is 19.8 Å². The fourth-order valence-corrected chi connectivity index (χ4v) is 0.642. The second kappa shape index (κ2) is 5.64. The van der Waals surface area contributed by atoms with Crippen molar-refractivity contribution in [3.8, 4) is 11.8 Å². The Morgan fingerprint density at radius 1 is 1.67 bits per heavy atom. The second-order valence-electron chi connectivity index (χ2n) is 2.41. The van der Waals surface area contributed by atoms with E-state index in [1.165, 1.54) is 0 Å². The van der Waals surface area contributed by atoms with Gasteiger partial charge in [-0.15, -0.1) is 0 Å². The Labute approximate surface area is 72.7 Å². The molecule has 1 saturated heterocycles. The third-order valence-corrected chi connectivity index (χ3v) is 1.34. The Morgan fingerprint density at radius 3 is 3.17 bits per heavy atom. The first kappa shape index (κ1) is 9.11. The fraction of sp³-hybridized carbons (Fsp3) is 0.556. The van der Waals surface area contributed by atoms with E-state index in [1.807, 2.05) is 0 Å². The molecular formula is C9H13NO2. The van der Waals surface area contributed by atoms with Crippen molar-refractivity contribution in [2.75, 3.05) is 26.4 Å². The molecule has 0 saturated carbocycles. The van der Waals surface area contributed by atoms with Crippen LogP contribution in [0.1, 0.15) is 0 Å². The lowest BCUT2D eigenvalue weighted by Crippen LogP contribution is -2.04. The number of hydrogen-bond acceptors (Lipinski definition) is 3. The summed E-state index contributed by atoms with van der Waals surface area (Å²) >= 11 is 0. The minimum Gasteiger partial charge on any atom is -0.381 e. The molecule has 12 heavy (non-hydrogen) atoms. The highest BCUT2D eigenvalue weighted by Gasteiger charge is 2.21. The molecular weight excluding hydrogens is 154 g/mol. The Morgan fingerprint density at radius 2 is 2.50 bits per heavy atom. The summed E-state index contributed by atoms with van der Waals surface area (Å²) in [5.41, 5.74) is 0. The Hall–Kier alpha value is -0.980. The lowest BCUT2D eigenvalue weighted by molar-refractivity contribution is 0.145. The summed E-state index contributed by atoms with van der Waals surface area (Å²) in [4.78, 5) is 0. The maximum absolute atomic E-state index is 5.19. The smallest absolute Gasteiger partial charge is 0.107 e. The Kier molecular flexibility index (Phi) is 4.28. The van der Waals surface area contributed by atoms with E-state index in [9.17, 15) is 0 Å². The molecule has 66 valence electrons. The van der Waals surface area contributed by atoms with Crippen LogP contribution < -0.4 is 5.32 Å². The van der Waals surface area contributed by atoms with Gasteiger partial charge in [0.2, 0.25) is 0 Å². The van der Waals surface area contributed by atoms with Crippen molar-refractivity contribution in [1.29, 1.82) is 0 Å². The van der Waals surface area contributed by atoms with Gasteiger partial charge >= 0.3 is 0 Å². The molecule has 0 aromatic carbocycles. The quantitative estimate of drug-likeness (QED) is 0.359. The summed E-state index contributed by atoms with van der Waals surface area (Å²) in [6.07, 6.45) is 1.95. The van der Waals surface area contributed by atoms with Gasteiger partial charge in [0, 0.05) is 0 Å². The van der Waals surface area contributed by atoms with Gasteiger partial charge in [0.1, 0.15) is 12.7 Å². The number of epoxide rings is 1. The third kappa shape index (κ3) is 4.78. The normalized spacial score (nSPS) is 19.2. The average Bonchev–Trinajstić information content (AvgIpc) is 2.87. The van der Waals surface area contributed by atoms with Gasteiger partial charge < -0.3 is 14.8 Å². The van der Waals surface area contributed by atoms with E-state index >= 15 is 0 Å². The molecule has 1 unspecified atom stereocenters. The first-order valence-electron chi connectivity index (χ1n) is 3.93. The fourth-order valence-electron chi connectivity index (χ4n) is 0.642. The molecule has 3 heteroatoms. The van der Waals surface area contributed by atoms with Crippen molar-refractivity contribution in [3.63, 3.8) is 0 Å². The van der Waals surface area contributed by atoms with Crippen LogP contribution in [0.5, 0.6) is 0 Å². The summed E-state index contributed by atoms with van der Waals surface area (Å²) in [5, 5.41) is 2.87. The number of rotatable bonds is 5. The van der Waals surface area contributed by atoms with E-state index in [4.69, 9.17) is 9.47 Å². The topological polar surface area (TPSA) is 33.8 Å². The molecule has 1 N–H and O–H groups in total. The standard InChI is InChI=1S/C9H13NO2/c1-2-10-5-3-4-6-11-7-9-8-12-9/h2,9-10H,1,5-8H2. The summed E-state index contributed by atoms with van der Waals surface area (Å²) in [6, 6.07) is 0. The van der Waals surface area contributed by atoms with Crippen LogP contribution in [-0.4, -0.2) is 32.5 Å². The van der Waals surface area contributed by atoms with Crippen LogP contribution in [0.4, 0.5) is 0 Å². The van der Waals surface area contributed by atoms with Crippen LogP contribution >= 0.6 is 0 Å². The number of nitrogens with one attached hydrogen (secondary N) is 1. The zero-order valence-corrected chi connectivity index (χ0v) is 7.01. The molecule has 0 aliphatic carbocycles. The van der Waals surface area contributed by atoms with Gasteiger partial charge in [-0.25, -0.2) is 0 Å². The minimum absolute atomic E-state index is 0.332. The van der Waals surface area contributed by atoms with E-state index in [0.717, 1.165) is 6.61 Å². The number of ether oxygens (including phenoxy) is 2. The van der Waals surface area contributed by atoms with Gasteiger partial charge in [-0.3, -0.25) is 0 Å². The van der Waals surface area contributed by atoms with Gasteiger partial charge in [0.15, 0.2) is 0 Å². The van der Waals surface area contributed by atoms with Gasteiger partial charge in [-0.2, -0.15) is 0 Å². The Balaban J connectivity index is 1.84. The van der Waals surface area contributed by atoms with Crippen LogP contribution in [0.15, 0.2) is 12.8 Å².